The molecule has 1 amide bonds. The van der Waals surface area contributed by atoms with Gasteiger partial charge in [0.15, 0.2) is 5.82 Å². The van der Waals surface area contributed by atoms with Gasteiger partial charge in [0, 0.05) is 16.4 Å². The molecule has 8 nitrogen and oxygen atoms in total. The van der Waals surface area contributed by atoms with Crippen molar-refractivity contribution in [3.63, 3.8) is 0 Å². The van der Waals surface area contributed by atoms with Crippen LogP contribution < -0.4 is 11.1 Å². The Kier molecular flexibility index (Phi) is 5.46. The Balaban J connectivity index is 1.90. The van der Waals surface area contributed by atoms with Crippen LogP contribution in [0.5, 0.6) is 0 Å². The van der Waals surface area contributed by atoms with Crippen molar-refractivity contribution in [3.8, 4) is 6.07 Å². The lowest BCUT2D eigenvalue weighted by Gasteiger charge is -2.13. The van der Waals surface area contributed by atoms with Crippen molar-refractivity contribution in [2.75, 3.05) is 12.4 Å². The zero-order chi connectivity index (χ0) is 19.6. The van der Waals surface area contributed by atoms with Crippen LogP contribution in [0.25, 0.3) is 0 Å². The lowest BCUT2D eigenvalue weighted by atomic mass is 10.1. The molecular weight excluding hydrogens is 414 g/mol. The summed E-state index contributed by atoms with van der Waals surface area (Å²) in [5.74, 6) is -0.893. The van der Waals surface area contributed by atoms with Crippen molar-refractivity contribution >= 4 is 39.3 Å². The number of anilines is 2. The number of hydrogen-bond donors (Lipinski definition) is 2. The molecule has 0 aliphatic heterocycles. The number of ether oxygens (including phenoxy) is 1. The van der Waals surface area contributed by atoms with Crippen LogP contribution in [0.1, 0.15) is 46.0 Å². The first kappa shape index (κ1) is 18.9. The third kappa shape index (κ3) is 3.80. The van der Waals surface area contributed by atoms with E-state index in [0.29, 0.717) is 21.5 Å². The third-order valence-corrected chi connectivity index (χ3v) is 5.28. The van der Waals surface area contributed by atoms with E-state index in [1.54, 1.807) is 29.1 Å². The topological polar surface area (TPSA) is 123 Å². The molecule has 0 radical (unpaired) electrons. The number of benzene rings is 1. The van der Waals surface area contributed by atoms with Gasteiger partial charge < -0.3 is 15.8 Å². The molecule has 1 saturated carbocycles. The molecular formula is C18H18BrN5O3. The number of amides is 1. The molecule has 1 aliphatic carbocycles. The van der Waals surface area contributed by atoms with Gasteiger partial charge in [-0.2, -0.15) is 10.4 Å². The van der Waals surface area contributed by atoms with Crippen molar-refractivity contribution in [1.82, 2.24) is 9.78 Å². The maximum absolute atomic E-state index is 11.8. The Labute approximate surface area is 164 Å². The maximum Gasteiger partial charge on any atom is 0.339 e. The smallest absolute Gasteiger partial charge is 0.339 e. The fraction of sp³-hybridized carbons (Fsp3) is 0.333. The van der Waals surface area contributed by atoms with Gasteiger partial charge in [0.2, 0.25) is 0 Å². The minimum absolute atomic E-state index is 0.0721. The predicted molar refractivity (Wildman–Crippen MR) is 102 cm³/mol. The molecule has 140 valence electrons. The SMILES string of the molecule is COC(=O)c1ccc(Nc2nn([C@H]3CCC[C@@H]3C#N)cc2C(N)=O)cc1Br. The van der Waals surface area contributed by atoms with Crippen LogP contribution in [0, 0.1) is 17.2 Å². The molecule has 1 aromatic heterocycles. The Morgan fingerprint density at radius 1 is 1.41 bits per heavy atom. The highest BCUT2D eigenvalue weighted by atomic mass is 79.9. The standard InChI is InChI=1S/C18H18BrN5O3/c1-27-18(26)12-6-5-11(7-14(12)19)22-17-13(16(21)25)9-24(23-17)15-4-2-3-10(15)8-20/h5-7,9-10,15H,2-4H2,1H3,(H2,21,25)(H,22,23)/t10-,15+/m1/s1. The molecule has 2 aromatic rings. The van der Waals surface area contributed by atoms with E-state index in [1.807, 2.05) is 0 Å². The first-order valence-corrected chi connectivity index (χ1v) is 9.17. The fourth-order valence-electron chi connectivity index (χ4n) is 3.25. The van der Waals surface area contributed by atoms with E-state index in [0.717, 1.165) is 19.3 Å². The number of carbonyl (C=O) groups excluding carboxylic acids is 2. The lowest BCUT2D eigenvalue weighted by molar-refractivity contribution is 0.0599. The molecule has 0 unspecified atom stereocenters. The second kappa shape index (κ2) is 7.80. The van der Waals surface area contributed by atoms with Crippen molar-refractivity contribution in [2.45, 2.75) is 25.3 Å². The van der Waals surface area contributed by atoms with Gasteiger partial charge in [0.05, 0.1) is 30.7 Å². The number of nitrogens with one attached hydrogen (secondary N) is 1. The van der Waals surface area contributed by atoms with Gasteiger partial charge >= 0.3 is 5.97 Å². The van der Waals surface area contributed by atoms with Gasteiger partial charge in [-0.15, -0.1) is 0 Å². The van der Waals surface area contributed by atoms with E-state index in [1.165, 1.54) is 7.11 Å². The van der Waals surface area contributed by atoms with Crippen LogP contribution in [0.2, 0.25) is 0 Å². The molecule has 1 aromatic carbocycles. The summed E-state index contributed by atoms with van der Waals surface area (Å²) in [6.45, 7) is 0. The van der Waals surface area contributed by atoms with Gasteiger partial charge in [0.1, 0.15) is 5.56 Å². The third-order valence-electron chi connectivity index (χ3n) is 4.62. The van der Waals surface area contributed by atoms with Crippen molar-refractivity contribution in [2.24, 2.45) is 11.7 Å². The minimum Gasteiger partial charge on any atom is -0.465 e. The Morgan fingerprint density at radius 3 is 2.81 bits per heavy atom. The summed E-state index contributed by atoms with van der Waals surface area (Å²) in [6.07, 6.45) is 4.18. The number of primary amides is 1. The van der Waals surface area contributed by atoms with Crippen LogP contribution in [0.15, 0.2) is 28.9 Å². The molecule has 3 rings (SSSR count). The van der Waals surface area contributed by atoms with Crippen LogP contribution in [0.4, 0.5) is 11.5 Å². The van der Waals surface area contributed by atoms with Crippen molar-refractivity contribution in [1.29, 1.82) is 5.26 Å². The van der Waals surface area contributed by atoms with E-state index in [-0.39, 0.29) is 17.5 Å². The Morgan fingerprint density at radius 2 is 2.19 bits per heavy atom. The number of rotatable bonds is 5. The zero-order valence-electron chi connectivity index (χ0n) is 14.6. The number of nitrogens with zero attached hydrogens (tertiary/aromatic N) is 3. The number of esters is 1. The molecule has 1 aliphatic rings. The van der Waals surface area contributed by atoms with Crippen LogP contribution in [-0.2, 0) is 4.74 Å². The van der Waals surface area contributed by atoms with Gasteiger partial charge in [-0.05, 0) is 53.4 Å². The van der Waals surface area contributed by atoms with E-state index < -0.39 is 11.9 Å². The summed E-state index contributed by atoms with van der Waals surface area (Å²) in [5, 5.41) is 16.8. The normalized spacial score (nSPS) is 18.7. The summed E-state index contributed by atoms with van der Waals surface area (Å²) in [5.41, 5.74) is 6.73. The van der Waals surface area contributed by atoms with Crippen LogP contribution in [-0.4, -0.2) is 28.8 Å². The van der Waals surface area contributed by atoms with Crippen molar-refractivity contribution in [3.05, 3.63) is 40.0 Å². The summed E-state index contributed by atoms with van der Waals surface area (Å²) < 4.78 is 6.91. The lowest BCUT2D eigenvalue weighted by Crippen LogP contribution is -2.14. The molecule has 9 heteroatoms. The van der Waals surface area contributed by atoms with Gasteiger partial charge in [-0.1, -0.05) is 0 Å². The van der Waals surface area contributed by atoms with Crippen LogP contribution in [0.3, 0.4) is 0 Å². The quantitative estimate of drug-likeness (QED) is 0.700. The number of methoxy groups -OCH3 is 1. The van der Waals surface area contributed by atoms with Crippen LogP contribution >= 0.6 is 15.9 Å². The second-order valence-corrected chi connectivity index (χ2v) is 7.14. The number of hydrogen-bond acceptors (Lipinski definition) is 6. The van der Waals surface area contributed by atoms with E-state index in [2.05, 4.69) is 32.4 Å². The zero-order valence-corrected chi connectivity index (χ0v) is 16.2. The van der Waals surface area contributed by atoms with Gasteiger partial charge in [-0.3, -0.25) is 9.48 Å². The van der Waals surface area contributed by atoms with Crippen molar-refractivity contribution < 1.29 is 14.3 Å². The number of halogens is 1. The molecule has 0 spiro atoms. The summed E-state index contributed by atoms with van der Waals surface area (Å²) in [4.78, 5) is 23.5. The maximum atomic E-state index is 11.8. The Bertz CT molecular complexity index is 934. The predicted octanol–water partition coefficient (Wildman–Crippen LogP) is 3.14. The molecule has 3 N–H and O–H groups in total. The number of carbonyl (C=O) groups is 2. The molecule has 27 heavy (non-hydrogen) atoms. The highest BCUT2D eigenvalue weighted by Gasteiger charge is 2.30. The Hall–Kier alpha value is -2.86. The summed E-state index contributed by atoms with van der Waals surface area (Å²) in [6, 6.07) is 7.19. The highest BCUT2D eigenvalue weighted by molar-refractivity contribution is 9.10. The first-order valence-electron chi connectivity index (χ1n) is 8.38. The fourth-order valence-corrected chi connectivity index (χ4v) is 3.79. The van der Waals surface area contributed by atoms with E-state index in [4.69, 9.17) is 10.5 Å². The molecule has 0 bridgehead atoms. The molecule has 2 atom stereocenters. The largest absolute Gasteiger partial charge is 0.465 e. The highest BCUT2D eigenvalue weighted by Crippen LogP contribution is 2.36. The second-order valence-electron chi connectivity index (χ2n) is 6.28. The average molecular weight is 432 g/mol. The van der Waals surface area contributed by atoms with Gasteiger partial charge in [-0.25, -0.2) is 4.79 Å². The van der Waals surface area contributed by atoms with Gasteiger partial charge in [0.25, 0.3) is 5.91 Å². The van der Waals surface area contributed by atoms with E-state index in [9.17, 15) is 14.9 Å². The molecule has 0 saturated heterocycles. The number of nitriles is 1. The monoisotopic (exact) mass is 431 g/mol. The molecule has 1 fully saturated rings. The summed E-state index contributed by atoms with van der Waals surface area (Å²) in [7, 11) is 1.31. The average Bonchev–Trinajstić information content (AvgIpc) is 3.27. The summed E-state index contributed by atoms with van der Waals surface area (Å²) >= 11 is 3.33. The minimum atomic E-state index is -0.611. The first-order chi connectivity index (χ1) is 12.9. The van der Waals surface area contributed by atoms with E-state index >= 15 is 0 Å². The number of nitrogens with two attached hydrogens (primary N) is 1. The number of aromatic nitrogens is 2. The molecule has 1 heterocycles.